The number of nitrogens with two attached hydrogens (primary N) is 1. The van der Waals surface area contributed by atoms with Crippen molar-refractivity contribution in [3.63, 3.8) is 0 Å². The van der Waals surface area contributed by atoms with Gasteiger partial charge in [-0.15, -0.1) is 0 Å². The van der Waals surface area contributed by atoms with Crippen LogP contribution in [0.2, 0.25) is 5.28 Å². The van der Waals surface area contributed by atoms with Gasteiger partial charge in [0.05, 0.1) is 16.9 Å². The summed E-state index contributed by atoms with van der Waals surface area (Å²) in [6.07, 6.45) is -1.11. The number of alkyl halides is 3. The fraction of sp³-hybridized carbons (Fsp3) is 0.0769. The van der Waals surface area contributed by atoms with E-state index in [0.29, 0.717) is 17.2 Å². The van der Waals surface area contributed by atoms with Gasteiger partial charge < -0.3 is 11.1 Å². The van der Waals surface area contributed by atoms with Gasteiger partial charge in [0.2, 0.25) is 5.28 Å². The van der Waals surface area contributed by atoms with Gasteiger partial charge in [0, 0.05) is 18.6 Å². The summed E-state index contributed by atoms with van der Waals surface area (Å²) in [7, 11) is 0. The van der Waals surface area contributed by atoms with Crippen LogP contribution in [0, 0.1) is 0 Å². The number of benzene rings is 1. The number of nitrogens with zero attached hydrogens (tertiary/aromatic N) is 4. The maximum Gasteiger partial charge on any atom is 0.421 e. The van der Waals surface area contributed by atoms with Gasteiger partial charge in [-0.3, -0.25) is 9.97 Å². The van der Waals surface area contributed by atoms with Gasteiger partial charge in [-0.25, -0.2) is 4.98 Å². The van der Waals surface area contributed by atoms with Gasteiger partial charge in [0.1, 0.15) is 16.9 Å². The van der Waals surface area contributed by atoms with E-state index in [1.807, 2.05) is 0 Å². The Hall–Kier alpha value is -2.68. The molecule has 6 nitrogen and oxygen atoms in total. The van der Waals surface area contributed by atoms with Crippen molar-refractivity contribution < 1.29 is 13.2 Å². The SMILES string of the molecule is Nc1c(Nc2nc(Cl)ncc2C(F)(F)F)ccc2nccnc12. The van der Waals surface area contributed by atoms with Crippen LogP contribution in [0.4, 0.5) is 30.4 Å². The molecule has 3 rings (SSSR count). The highest BCUT2D eigenvalue weighted by molar-refractivity contribution is 6.28. The summed E-state index contributed by atoms with van der Waals surface area (Å²) in [6.45, 7) is 0. The highest BCUT2D eigenvalue weighted by Crippen LogP contribution is 2.36. The Labute approximate surface area is 132 Å². The smallest absolute Gasteiger partial charge is 0.395 e. The van der Waals surface area contributed by atoms with Crippen molar-refractivity contribution in [2.24, 2.45) is 0 Å². The Morgan fingerprint density at radius 3 is 2.57 bits per heavy atom. The van der Waals surface area contributed by atoms with E-state index in [0.717, 1.165) is 0 Å². The van der Waals surface area contributed by atoms with E-state index < -0.39 is 17.6 Å². The van der Waals surface area contributed by atoms with Crippen LogP contribution in [0.1, 0.15) is 5.56 Å². The van der Waals surface area contributed by atoms with Crippen molar-refractivity contribution in [1.29, 1.82) is 0 Å². The van der Waals surface area contributed by atoms with Crippen LogP contribution in [-0.2, 0) is 6.18 Å². The van der Waals surface area contributed by atoms with Crippen LogP contribution in [0.3, 0.4) is 0 Å². The molecule has 0 unspecified atom stereocenters. The molecule has 3 N–H and O–H groups in total. The highest BCUT2D eigenvalue weighted by atomic mass is 35.5. The van der Waals surface area contributed by atoms with Gasteiger partial charge in [-0.1, -0.05) is 0 Å². The van der Waals surface area contributed by atoms with E-state index in [1.165, 1.54) is 18.5 Å². The van der Waals surface area contributed by atoms with Crippen LogP contribution in [-0.4, -0.2) is 19.9 Å². The van der Waals surface area contributed by atoms with Gasteiger partial charge in [0.25, 0.3) is 0 Å². The third kappa shape index (κ3) is 2.95. The summed E-state index contributed by atoms with van der Waals surface area (Å²) < 4.78 is 39.1. The van der Waals surface area contributed by atoms with Crippen molar-refractivity contribution in [3.05, 3.63) is 41.6 Å². The van der Waals surface area contributed by atoms with Crippen molar-refractivity contribution in [2.45, 2.75) is 6.18 Å². The van der Waals surface area contributed by atoms with Gasteiger partial charge >= 0.3 is 6.18 Å². The Morgan fingerprint density at radius 1 is 1.09 bits per heavy atom. The molecule has 0 bridgehead atoms. The molecule has 3 aromatic rings. The fourth-order valence-electron chi connectivity index (χ4n) is 1.96. The van der Waals surface area contributed by atoms with E-state index in [1.54, 1.807) is 6.07 Å². The van der Waals surface area contributed by atoms with Crippen molar-refractivity contribution in [3.8, 4) is 0 Å². The summed E-state index contributed by atoms with van der Waals surface area (Å²) in [6, 6.07) is 3.07. The number of hydrogen-bond donors (Lipinski definition) is 2. The number of hydrogen-bond acceptors (Lipinski definition) is 6. The van der Waals surface area contributed by atoms with Crippen LogP contribution in [0.25, 0.3) is 11.0 Å². The largest absolute Gasteiger partial charge is 0.421 e. The van der Waals surface area contributed by atoms with E-state index in [4.69, 9.17) is 17.3 Å². The lowest BCUT2D eigenvalue weighted by atomic mass is 10.2. The maximum absolute atomic E-state index is 13.0. The molecule has 0 spiro atoms. The molecule has 0 saturated carbocycles. The first kappa shape index (κ1) is 15.2. The second kappa shape index (κ2) is 5.51. The first-order chi connectivity index (χ1) is 10.9. The summed E-state index contributed by atoms with van der Waals surface area (Å²) in [5.41, 5.74) is 6.13. The molecule has 0 aliphatic rings. The summed E-state index contributed by atoms with van der Waals surface area (Å²) in [4.78, 5) is 15.1. The zero-order chi connectivity index (χ0) is 16.6. The molecule has 0 radical (unpaired) electrons. The highest BCUT2D eigenvalue weighted by Gasteiger charge is 2.35. The zero-order valence-corrected chi connectivity index (χ0v) is 12.0. The van der Waals surface area contributed by atoms with E-state index in [2.05, 4.69) is 25.3 Å². The number of anilines is 3. The van der Waals surface area contributed by atoms with Crippen LogP contribution < -0.4 is 11.1 Å². The Balaban J connectivity index is 2.09. The third-order valence-electron chi connectivity index (χ3n) is 3.00. The molecule has 23 heavy (non-hydrogen) atoms. The van der Waals surface area contributed by atoms with Crippen LogP contribution in [0.15, 0.2) is 30.7 Å². The monoisotopic (exact) mass is 340 g/mol. The molecule has 1 aromatic carbocycles. The first-order valence-corrected chi connectivity index (χ1v) is 6.60. The van der Waals surface area contributed by atoms with Gasteiger partial charge in [-0.2, -0.15) is 18.2 Å². The van der Waals surface area contributed by atoms with Crippen LogP contribution >= 0.6 is 11.6 Å². The number of aromatic nitrogens is 4. The topological polar surface area (TPSA) is 89.6 Å². The summed E-state index contributed by atoms with van der Waals surface area (Å²) in [5, 5.41) is 2.21. The lowest BCUT2D eigenvalue weighted by Crippen LogP contribution is -2.12. The molecule has 0 fully saturated rings. The predicted molar refractivity (Wildman–Crippen MR) is 79.3 cm³/mol. The molecule has 0 atom stereocenters. The number of nitrogen functional groups attached to an aromatic ring is 1. The quantitative estimate of drug-likeness (QED) is 0.549. The minimum atomic E-state index is -4.64. The third-order valence-corrected chi connectivity index (χ3v) is 3.18. The molecular formula is C13H8ClF3N6. The summed E-state index contributed by atoms with van der Waals surface area (Å²) >= 11 is 5.58. The lowest BCUT2D eigenvalue weighted by Gasteiger charge is -2.15. The minimum absolute atomic E-state index is 0.151. The molecule has 0 amide bonds. The molecule has 10 heteroatoms. The fourth-order valence-corrected chi connectivity index (χ4v) is 2.09. The van der Waals surface area contributed by atoms with E-state index in [9.17, 15) is 13.2 Å². The molecule has 2 heterocycles. The maximum atomic E-state index is 13.0. The van der Waals surface area contributed by atoms with Gasteiger partial charge in [-0.05, 0) is 23.7 Å². The molecule has 2 aromatic heterocycles. The zero-order valence-electron chi connectivity index (χ0n) is 11.3. The van der Waals surface area contributed by atoms with E-state index in [-0.39, 0.29) is 16.7 Å². The minimum Gasteiger partial charge on any atom is -0.395 e. The average molecular weight is 341 g/mol. The second-order valence-electron chi connectivity index (χ2n) is 4.47. The predicted octanol–water partition coefficient (Wildman–Crippen LogP) is 3.42. The molecule has 118 valence electrons. The number of rotatable bonds is 2. The van der Waals surface area contributed by atoms with Crippen molar-refractivity contribution >= 4 is 39.8 Å². The first-order valence-electron chi connectivity index (χ1n) is 6.22. The molecule has 0 saturated heterocycles. The van der Waals surface area contributed by atoms with Crippen LogP contribution in [0.5, 0.6) is 0 Å². The summed E-state index contributed by atoms with van der Waals surface area (Å²) in [5.74, 6) is -0.493. The average Bonchev–Trinajstić information content (AvgIpc) is 2.49. The standard InChI is InChI=1S/C13H8ClF3N6/c14-12-21-5-6(13(15,16)17)11(23-12)22-7-1-2-8-10(9(7)18)20-4-3-19-8/h1-5H,18H2,(H,21,22,23). The molecule has 0 aliphatic carbocycles. The Kier molecular flexibility index (Phi) is 3.64. The molecule has 0 aliphatic heterocycles. The number of halogens is 4. The second-order valence-corrected chi connectivity index (χ2v) is 4.81. The molecular weight excluding hydrogens is 333 g/mol. The lowest BCUT2D eigenvalue weighted by molar-refractivity contribution is -0.137. The van der Waals surface area contributed by atoms with Gasteiger partial charge in [0.15, 0.2) is 0 Å². The number of fused-ring (bicyclic) bond motifs is 1. The normalized spacial score (nSPS) is 11.7. The van der Waals surface area contributed by atoms with Crippen molar-refractivity contribution in [1.82, 2.24) is 19.9 Å². The van der Waals surface area contributed by atoms with Crippen molar-refractivity contribution in [2.75, 3.05) is 11.1 Å². The van der Waals surface area contributed by atoms with E-state index >= 15 is 0 Å². The Bertz CT molecular complexity index is 883. The Morgan fingerprint density at radius 2 is 1.83 bits per heavy atom. The number of nitrogens with one attached hydrogen (secondary N) is 1.